The van der Waals surface area contributed by atoms with Gasteiger partial charge in [0.05, 0.1) is 0 Å². The van der Waals surface area contributed by atoms with Crippen LogP contribution in [0.1, 0.15) is 24.5 Å². The quantitative estimate of drug-likeness (QED) is 0.761. The third-order valence-electron chi connectivity index (χ3n) is 2.51. The van der Waals surface area contributed by atoms with Crippen LogP contribution in [0.5, 0.6) is 0 Å². The third-order valence-corrected chi connectivity index (χ3v) is 2.51. The van der Waals surface area contributed by atoms with Crippen molar-refractivity contribution < 1.29 is 4.39 Å². The zero-order valence-corrected chi connectivity index (χ0v) is 8.18. The summed E-state index contributed by atoms with van der Waals surface area (Å²) in [6.07, 6.45) is 0.425. The largest absolute Gasteiger partial charge is 0.327 e. The summed E-state index contributed by atoms with van der Waals surface area (Å²) in [5.74, 6) is 0. The number of aryl methyl sites for hydroxylation is 1. The van der Waals surface area contributed by atoms with E-state index in [0.717, 1.165) is 11.1 Å². The molecular formula is C11H16FN. The molecule has 1 rings (SSSR count). The Morgan fingerprint density at radius 3 is 2.46 bits per heavy atom. The molecule has 0 bridgehead atoms. The van der Waals surface area contributed by atoms with Gasteiger partial charge in [-0.3, -0.25) is 0 Å². The van der Waals surface area contributed by atoms with Gasteiger partial charge in [-0.1, -0.05) is 31.2 Å². The molecule has 0 saturated carbocycles. The molecule has 1 aromatic rings. The molecule has 1 nitrogen and oxygen atoms in total. The summed E-state index contributed by atoms with van der Waals surface area (Å²) in [5, 5.41) is 0. The number of alkyl halides is 1. The fourth-order valence-electron chi connectivity index (χ4n) is 1.52. The Morgan fingerprint density at radius 1 is 1.38 bits per heavy atom. The minimum atomic E-state index is -1.36. The van der Waals surface area contributed by atoms with Crippen molar-refractivity contribution in [3.8, 4) is 0 Å². The molecule has 0 heterocycles. The minimum absolute atomic E-state index is 0.0500. The number of nitrogens with two attached hydrogens (primary N) is 1. The third kappa shape index (κ3) is 1.89. The molecule has 13 heavy (non-hydrogen) atoms. The molecule has 72 valence electrons. The summed E-state index contributed by atoms with van der Waals surface area (Å²) in [7, 11) is 0. The van der Waals surface area contributed by atoms with E-state index in [1.54, 1.807) is 0 Å². The topological polar surface area (TPSA) is 26.0 Å². The number of rotatable bonds is 3. The second kappa shape index (κ2) is 3.88. The maximum atomic E-state index is 14.1. The van der Waals surface area contributed by atoms with Crippen molar-refractivity contribution in [1.82, 2.24) is 0 Å². The lowest BCUT2D eigenvalue weighted by molar-refractivity contribution is 0.168. The first-order chi connectivity index (χ1) is 6.14. The predicted molar refractivity (Wildman–Crippen MR) is 53.3 cm³/mol. The summed E-state index contributed by atoms with van der Waals surface area (Å²) in [5.41, 5.74) is 5.78. The summed E-state index contributed by atoms with van der Waals surface area (Å²) >= 11 is 0. The average molecular weight is 181 g/mol. The van der Waals surface area contributed by atoms with Crippen LogP contribution in [0.2, 0.25) is 0 Å². The van der Waals surface area contributed by atoms with Gasteiger partial charge in [0.15, 0.2) is 0 Å². The molecule has 1 aromatic carbocycles. The number of benzene rings is 1. The maximum Gasteiger partial charge on any atom is 0.148 e. The van der Waals surface area contributed by atoms with Gasteiger partial charge < -0.3 is 5.73 Å². The lowest BCUT2D eigenvalue weighted by atomic mass is 9.90. The zero-order chi connectivity index (χ0) is 9.90. The second-order valence-electron chi connectivity index (χ2n) is 3.34. The SMILES string of the molecule is CCC(F)(CN)c1ccccc1C. The van der Waals surface area contributed by atoms with Crippen LogP contribution in [0.15, 0.2) is 24.3 Å². The highest BCUT2D eigenvalue weighted by Gasteiger charge is 2.29. The van der Waals surface area contributed by atoms with Crippen molar-refractivity contribution in [2.45, 2.75) is 25.9 Å². The lowest BCUT2D eigenvalue weighted by Crippen LogP contribution is -2.30. The van der Waals surface area contributed by atoms with E-state index in [9.17, 15) is 4.39 Å². The van der Waals surface area contributed by atoms with Crippen LogP contribution in [-0.2, 0) is 5.67 Å². The molecule has 2 heteroatoms. The molecule has 1 atom stereocenters. The van der Waals surface area contributed by atoms with Crippen molar-refractivity contribution in [2.24, 2.45) is 5.73 Å². The first-order valence-electron chi connectivity index (χ1n) is 4.59. The van der Waals surface area contributed by atoms with Gasteiger partial charge in [0.2, 0.25) is 0 Å². The normalized spacial score (nSPS) is 15.4. The van der Waals surface area contributed by atoms with Gasteiger partial charge in [-0.15, -0.1) is 0 Å². The van der Waals surface area contributed by atoms with Crippen molar-refractivity contribution in [2.75, 3.05) is 6.54 Å². The summed E-state index contributed by atoms with van der Waals surface area (Å²) in [6, 6.07) is 7.48. The van der Waals surface area contributed by atoms with Crippen LogP contribution in [0, 0.1) is 6.92 Å². The Hall–Kier alpha value is -0.890. The Bertz CT molecular complexity index is 279. The Kier molecular flexibility index (Phi) is 3.04. The molecular weight excluding hydrogens is 165 g/mol. The maximum absolute atomic E-state index is 14.1. The molecule has 2 N–H and O–H groups in total. The fraction of sp³-hybridized carbons (Fsp3) is 0.455. The van der Waals surface area contributed by atoms with E-state index >= 15 is 0 Å². The molecule has 0 aromatic heterocycles. The van der Waals surface area contributed by atoms with Gasteiger partial charge in [-0.25, -0.2) is 4.39 Å². The van der Waals surface area contributed by atoms with Crippen LogP contribution >= 0.6 is 0 Å². The van der Waals surface area contributed by atoms with Crippen LogP contribution in [-0.4, -0.2) is 6.54 Å². The Morgan fingerprint density at radius 2 is 2.00 bits per heavy atom. The predicted octanol–water partition coefficient (Wildman–Crippen LogP) is 2.53. The van der Waals surface area contributed by atoms with Gasteiger partial charge in [0, 0.05) is 6.54 Å². The van der Waals surface area contributed by atoms with E-state index < -0.39 is 5.67 Å². The highest BCUT2D eigenvalue weighted by molar-refractivity contribution is 5.31. The van der Waals surface area contributed by atoms with Crippen molar-refractivity contribution >= 4 is 0 Å². The standard InChI is InChI=1S/C11H16FN/c1-3-11(12,8-13)10-7-5-4-6-9(10)2/h4-7H,3,8,13H2,1-2H3. The average Bonchev–Trinajstić information content (AvgIpc) is 2.17. The molecule has 0 aliphatic carbocycles. The van der Waals surface area contributed by atoms with Gasteiger partial charge >= 0.3 is 0 Å². The smallest absolute Gasteiger partial charge is 0.148 e. The number of hydrogen-bond acceptors (Lipinski definition) is 1. The van der Waals surface area contributed by atoms with Crippen molar-refractivity contribution in [3.63, 3.8) is 0 Å². The molecule has 0 radical (unpaired) electrons. The first-order valence-corrected chi connectivity index (χ1v) is 4.59. The van der Waals surface area contributed by atoms with Crippen LogP contribution in [0.4, 0.5) is 4.39 Å². The lowest BCUT2D eigenvalue weighted by Gasteiger charge is -2.24. The molecule has 0 spiro atoms. The van der Waals surface area contributed by atoms with E-state index in [-0.39, 0.29) is 6.54 Å². The highest BCUT2D eigenvalue weighted by Crippen LogP contribution is 2.30. The minimum Gasteiger partial charge on any atom is -0.327 e. The molecule has 0 aliphatic heterocycles. The first kappa shape index (κ1) is 10.2. The van der Waals surface area contributed by atoms with Gasteiger partial charge in [-0.05, 0) is 24.5 Å². The molecule has 0 fully saturated rings. The monoisotopic (exact) mass is 181 g/mol. The number of hydrogen-bond donors (Lipinski definition) is 1. The Balaban J connectivity index is 3.12. The van der Waals surface area contributed by atoms with E-state index in [2.05, 4.69) is 0 Å². The number of halogens is 1. The van der Waals surface area contributed by atoms with Gasteiger partial charge in [0.1, 0.15) is 5.67 Å². The summed E-state index contributed by atoms with van der Waals surface area (Å²) in [4.78, 5) is 0. The fourth-order valence-corrected chi connectivity index (χ4v) is 1.52. The molecule has 0 saturated heterocycles. The van der Waals surface area contributed by atoms with E-state index in [1.165, 1.54) is 0 Å². The summed E-state index contributed by atoms with van der Waals surface area (Å²) in [6.45, 7) is 3.78. The van der Waals surface area contributed by atoms with E-state index in [0.29, 0.717) is 6.42 Å². The van der Waals surface area contributed by atoms with Crippen LogP contribution in [0.25, 0.3) is 0 Å². The highest BCUT2D eigenvalue weighted by atomic mass is 19.1. The zero-order valence-electron chi connectivity index (χ0n) is 8.18. The Labute approximate surface area is 78.8 Å². The summed E-state index contributed by atoms with van der Waals surface area (Å²) < 4.78 is 14.1. The van der Waals surface area contributed by atoms with Crippen LogP contribution in [0.3, 0.4) is 0 Å². The second-order valence-corrected chi connectivity index (χ2v) is 3.34. The van der Waals surface area contributed by atoms with E-state index in [4.69, 9.17) is 5.73 Å². The molecule has 0 amide bonds. The van der Waals surface area contributed by atoms with Gasteiger partial charge in [-0.2, -0.15) is 0 Å². The van der Waals surface area contributed by atoms with Gasteiger partial charge in [0.25, 0.3) is 0 Å². The van der Waals surface area contributed by atoms with Crippen LogP contribution < -0.4 is 5.73 Å². The van der Waals surface area contributed by atoms with Crippen molar-refractivity contribution in [1.29, 1.82) is 0 Å². The molecule has 0 aliphatic rings. The van der Waals surface area contributed by atoms with E-state index in [1.807, 2.05) is 38.1 Å². The van der Waals surface area contributed by atoms with Crippen molar-refractivity contribution in [3.05, 3.63) is 35.4 Å². The molecule has 1 unspecified atom stereocenters.